The van der Waals surface area contributed by atoms with E-state index in [1.54, 1.807) is 12.1 Å². The van der Waals surface area contributed by atoms with E-state index in [9.17, 15) is 4.79 Å². The van der Waals surface area contributed by atoms with E-state index in [0.717, 1.165) is 31.2 Å². The number of carboxylic acid groups (broad SMARTS) is 1. The van der Waals surface area contributed by atoms with E-state index in [4.69, 9.17) is 10.8 Å². The Bertz CT molecular complexity index is 424. The van der Waals surface area contributed by atoms with Gasteiger partial charge >= 0.3 is 5.97 Å². The smallest absolute Gasteiger partial charge is 0.335 e. The van der Waals surface area contributed by atoms with Crippen LogP contribution in [0.5, 0.6) is 0 Å². The third kappa shape index (κ3) is 3.17. The molecule has 1 aliphatic rings. The topological polar surface area (TPSA) is 63.3 Å². The first-order valence-corrected chi connectivity index (χ1v) is 5.93. The number of hydrogen-bond acceptors (Lipinski definition) is 2. The highest BCUT2D eigenvalue weighted by molar-refractivity contribution is 5.87. The van der Waals surface area contributed by atoms with Crippen LogP contribution in [0.4, 0.5) is 0 Å². The predicted molar refractivity (Wildman–Crippen MR) is 67.8 cm³/mol. The number of nitrogens with two attached hydrogens (primary N) is 1. The summed E-state index contributed by atoms with van der Waals surface area (Å²) in [5.74, 6) is -0.882. The van der Waals surface area contributed by atoms with Crippen molar-refractivity contribution in [2.24, 2.45) is 5.73 Å². The summed E-state index contributed by atoms with van der Waals surface area (Å²) in [7, 11) is 0. The molecule has 0 aliphatic heterocycles. The Kier molecular flexibility index (Phi) is 3.59. The first kappa shape index (κ1) is 11.9. The molecule has 90 valence electrons. The fraction of sp³-hybridized carbons (Fsp3) is 0.357. The minimum Gasteiger partial charge on any atom is -0.478 e. The maximum Gasteiger partial charge on any atom is 0.335 e. The van der Waals surface area contributed by atoms with Gasteiger partial charge in [0.25, 0.3) is 0 Å². The van der Waals surface area contributed by atoms with Crippen molar-refractivity contribution in [2.75, 3.05) is 0 Å². The summed E-state index contributed by atoms with van der Waals surface area (Å²) in [6.45, 7) is 0. The first-order chi connectivity index (χ1) is 8.15. The van der Waals surface area contributed by atoms with Crippen LogP contribution in [0.1, 0.15) is 41.6 Å². The molecule has 1 aromatic carbocycles. The van der Waals surface area contributed by atoms with Gasteiger partial charge in [0.15, 0.2) is 0 Å². The molecule has 0 heterocycles. The van der Waals surface area contributed by atoms with E-state index in [-0.39, 0.29) is 0 Å². The molecule has 17 heavy (non-hydrogen) atoms. The molecule has 0 bridgehead atoms. The van der Waals surface area contributed by atoms with E-state index in [2.05, 4.69) is 6.08 Å². The van der Waals surface area contributed by atoms with Crippen LogP contribution >= 0.6 is 0 Å². The second-order valence-electron chi connectivity index (χ2n) is 4.57. The number of hydrogen-bond donors (Lipinski definition) is 2. The third-order valence-electron chi connectivity index (χ3n) is 3.20. The number of allylic oxidation sites excluding steroid dienone is 1. The molecule has 1 saturated carbocycles. The van der Waals surface area contributed by atoms with Crippen molar-refractivity contribution in [1.82, 2.24) is 0 Å². The maximum atomic E-state index is 10.7. The third-order valence-corrected chi connectivity index (χ3v) is 3.20. The van der Waals surface area contributed by atoms with Crippen molar-refractivity contribution in [1.29, 1.82) is 0 Å². The van der Waals surface area contributed by atoms with Crippen LogP contribution < -0.4 is 5.73 Å². The molecule has 1 aliphatic carbocycles. The fourth-order valence-electron chi connectivity index (χ4n) is 2.11. The summed E-state index contributed by atoms with van der Waals surface area (Å²) in [6.07, 6.45) is 6.37. The number of carboxylic acids is 1. The minimum absolute atomic E-state index is 0.331. The second kappa shape index (κ2) is 5.15. The fourth-order valence-corrected chi connectivity index (χ4v) is 2.11. The molecule has 3 N–H and O–H groups in total. The highest BCUT2D eigenvalue weighted by Gasteiger charge is 2.12. The Morgan fingerprint density at radius 3 is 2.35 bits per heavy atom. The van der Waals surface area contributed by atoms with Crippen molar-refractivity contribution in [3.8, 4) is 0 Å². The molecule has 0 spiro atoms. The normalized spacial score (nSPS) is 20.1. The molecule has 0 aromatic heterocycles. The zero-order valence-electron chi connectivity index (χ0n) is 9.73. The van der Waals surface area contributed by atoms with Gasteiger partial charge in [0.1, 0.15) is 0 Å². The molecule has 1 aromatic rings. The lowest BCUT2D eigenvalue weighted by Gasteiger charge is -2.20. The Morgan fingerprint density at radius 2 is 1.82 bits per heavy atom. The zero-order valence-corrected chi connectivity index (χ0v) is 9.73. The molecule has 1 fully saturated rings. The van der Waals surface area contributed by atoms with Crippen molar-refractivity contribution in [2.45, 2.75) is 31.7 Å². The van der Waals surface area contributed by atoms with Gasteiger partial charge in [0.05, 0.1) is 5.56 Å². The largest absolute Gasteiger partial charge is 0.478 e. The summed E-state index contributed by atoms with van der Waals surface area (Å²) in [4.78, 5) is 10.7. The van der Waals surface area contributed by atoms with Crippen molar-refractivity contribution >= 4 is 12.0 Å². The number of rotatable bonds is 2. The van der Waals surface area contributed by atoms with Gasteiger partial charge in [-0.05, 0) is 43.4 Å². The summed E-state index contributed by atoms with van der Waals surface area (Å²) < 4.78 is 0. The summed E-state index contributed by atoms with van der Waals surface area (Å²) >= 11 is 0. The van der Waals surface area contributed by atoms with Gasteiger partial charge in [0.2, 0.25) is 0 Å². The van der Waals surface area contributed by atoms with E-state index in [1.807, 2.05) is 12.1 Å². The van der Waals surface area contributed by atoms with Gasteiger partial charge in [-0.3, -0.25) is 0 Å². The van der Waals surface area contributed by atoms with Crippen LogP contribution in [0.25, 0.3) is 6.08 Å². The highest BCUT2D eigenvalue weighted by atomic mass is 16.4. The lowest BCUT2D eigenvalue weighted by atomic mass is 9.90. The molecule has 2 rings (SSSR count). The van der Waals surface area contributed by atoms with E-state index in [1.165, 1.54) is 5.57 Å². The van der Waals surface area contributed by atoms with Gasteiger partial charge in [-0.25, -0.2) is 4.79 Å². The molecular weight excluding hydrogens is 214 g/mol. The molecule has 3 heteroatoms. The summed E-state index contributed by atoms with van der Waals surface area (Å²) in [5, 5.41) is 8.80. The van der Waals surface area contributed by atoms with Crippen LogP contribution in [0, 0.1) is 0 Å². The second-order valence-corrected chi connectivity index (χ2v) is 4.57. The van der Waals surface area contributed by atoms with Crippen LogP contribution in [-0.4, -0.2) is 17.1 Å². The van der Waals surface area contributed by atoms with Gasteiger partial charge < -0.3 is 10.8 Å². The van der Waals surface area contributed by atoms with Crippen LogP contribution in [0.15, 0.2) is 29.8 Å². The molecule has 0 amide bonds. The summed E-state index contributed by atoms with van der Waals surface area (Å²) in [5.41, 5.74) is 8.66. The SMILES string of the molecule is NC1CCC(=Cc2ccc(C(=O)O)cc2)CC1. The Hall–Kier alpha value is -1.61. The molecule has 0 saturated heterocycles. The molecule has 0 unspecified atom stereocenters. The minimum atomic E-state index is -0.882. The van der Waals surface area contributed by atoms with Crippen molar-refractivity contribution < 1.29 is 9.90 Å². The van der Waals surface area contributed by atoms with Crippen LogP contribution in [0.2, 0.25) is 0 Å². The Labute approximate surface area is 101 Å². The first-order valence-electron chi connectivity index (χ1n) is 5.93. The lowest BCUT2D eigenvalue weighted by molar-refractivity contribution is 0.0697. The van der Waals surface area contributed by atoms with Crippen LogP contribution in [0.3, 0.4) is 0 Å². The van der Waals surface area contributed by atoms with Gasteiger partial charge in [-0.2, -0.15) is 0 Å². The van der Waals surface area contributed by atoms with Gasteiger partial charge in [-0.1, -0.05) is 23.8 Å². The zero-order chi connectivity index (χ0) is 12.3. The summed E-state index contributed by atoms with van der Waals surface area (Å²) in [6, 6.07) is 7.34. The number of aromatic carboxylic acids is 1. The standard InChI is InChI=1S/C14H17NO2/c15-13-7-3-11(4-8-13)9-10-1-5-12(6-2-10)14(16)17/h1-2,5-6,9,13H,3-4,7-8,15H2,(H,16,17). The number of benzene rings is 1. The molecular formula is C14H17NO2. The maximum absolute atomic E-state index is 10.7. The van der Waals surface area contributed by atoms with Crippen LogP contribution in [-0.2, 0) is 0 Å². The Morgan fingerprint density at radius 1 is 1.24 bits per heavy atom. The highest BCUT2D eigenvalue weighted by Crippen LogP contribution is 2.24. The average Bonchev–Trinajstić information content (AvgIpc) is 2.33. The molecule has 3 nitrogen and oxygen atoms in total. The van der Waals surface area contributed by atoms with E-state index in [0.29, 0.717) is 11.6 Å². The number of carbonyl (C=O) groups is 1. The molecule has 0 atom stereocenters. The monoisotopic (exact) mass is 231 g/mol. The van der Waals surface area contributed by atoms with Crippen molar-refractivity contribution in [3.05, 3.63) is 41.0 Å². The van der Waals surface area contributed by atoms with Gasteiger partial charge in [-0.15, -0.1) is 0 Å². The predicted octanol–water partition coefficient (Wildman–Crippen LogP) is 2.67. The lowest BCUT2D eigenvalue weighted by Crippen LogP contribution is -2.23. The van der Waals surface area contributed by atoms with Gasteiger partial charge in [0, 0.05) is 6.04 Å². The Balaban J connectivity index is 2.08. The van der Waals surface area contributed by atoms with E-state index < -0.39 is 5.97 Å². The van der Waals surface area contributed by atoms with Crippen molar-refractivity contribution in [3.63, 3.8) is 0 Å². The average molecular weight is 231 g/mol. The quantitative estimate of drug-likeness (QED) is 0.822. The van der Waals surface area contributed by atoms with E-state index >= 15 is 0 Å². The molecule has 0 radical (unpaired) electrons.